The molecule has 0 aliphatic carbocycles. The second kappa shape index (κ2) is 6.95. The molecule has 0 bridgehead atoms. The number of nitrogens with two attached hydrogens (primary N) is 1. The van der Waals surface area contributed by atoms with Gasteiger partial charge in [-0.25, -0.2) is 0 Å². The largest absolute Gasteiger partial charge is 0.374 e. The maximum Gasteiger partial charge on any atom is 0.277 e. The van der Waals surface area contributed by atoms with Gasteiger partial charge in [-0.2, -0.15) is 15.2 Å². The van der Waals surface area contributed by atoms with Crippen LogP contribution in [0.5, 0.6) is 0 Å². The lowest BCUT2D eigenvalue weighted by Gasteiger charge is -2.16. The Morgan fingerprint density at radius 2 is 2.08 bits per heavy atom. The molecule has 1 unspecified atom stereocenters. The second-order valence-electron chi connectivity index (χ2n) is 5.19. The number of H-pyrrole nitrogens is 1. The van der Waals surface area contributed by atoms with Crippen LogP contribution in [0.1, 0.15) is 22.7 Å². The molecule has 0 saturated carbocycles. The quantitative estimate of drug-likeness (QED) is 0.475. The smallest absolute Gasteiger partial charge is 0.277 e. The number of aromatic nitrogens is 2. The van der Waals surface area contributed by atoms with Gasteiger partial charge in [0.1, 0.15) is 5.92 Å². The Kier molecular flexibility index (Phi) is 4.96. The summed E-state index contributed by atoms with van der Waals surface area (Å²) in [6.45, 7) is 1.57. The van der Waals surface area contributed by atoms with Gasteiger partial charge in [0.2, 0.25) is 0 Å². The molecule has 0 amide bonds. The predicted octanol–water partition coefficient (Wildman–Crippen LogP) is 1.28. The van der Waals surface area contributed by atoms with Crippen molar-refractivity contribution in [1.29, 1.82) is 10.5 Å². The third-order valence-corrected chi connectivity index (χ3v) is 3.88. The molecule has 1 atom stereocenters. The second-order valence-corrected chi connectivity index (χ2v) is 5.61. The molecule has 126 valence electrons. The minimum absolute atomic E-state index is 0.112. The van der Waals surface area contributed by atoms with E-state index in [2.05, 4.69) is 5.10 Å². The van der Waals surface area contributed by atoms with Gasteiger partial charge in [-0.15, -0.1) is 0 Å². The number of hydrogen-bond acceptors (Lipinski definition) is 6. The summed E-state index contributed by atoms with van der Waals surface area (Å²) in [6.07, 6.45) is 0. The molecule has 2 aromatic rings. The van der Waals surface area contributed by atoms with Crippen LogP contribution in [0.4, 0.5) is 5.69 Å². The molecule has 0 saturated heterocycles. The number of non-ortho nitro benzene ring substituents is 1. The monoisotopic (exact) mass is 356 g/mol. The van der Waals surface area contributed by atoms with Gasteiger partial charge in [0.25, 0.3) is 11.2 Å². The number of nitro benzene ring substituents is 1. The molecule has 0 aliphatic rings. The van der Waals surface area contributed by atoms with Gasteiger partial charge in [0.05, 0.1) is 17.1 Å². The van der Waals surface area contributed by atoms with E-state index >= 15 is 0 Å². The highest BCUT2D eigenvalue weighted by atomic mass is 32.1. The number of benzene rings is 1. The van der Waals surface area contributed by atoms with Crippen molar-refractivity contribution < 1.29 is 4.92 Å². The van der Waals surface area contributed by atoms with E-state index in [1.165, 1.54) is 24.3 Å². The van der Waals surface area contributed by atoms with Crippen LogP contribution in [0.15, 0.2) is 29.1 Å². The highest BCUT2D eigenvalue weighted by Gasteiger charge is 2.32. The first-order valence-corrected chi connectivity index (χ1v) is 7.37. The van der Waals surface area contributed by atoms with Crippen LogP contribution >= 0.6 is 12.2 Å². The number of hydrogen-bond donors (Lipinski definition) is 2. The third kappa shape index (κ3) is 3.24. The fraction of sp³-hybridized carbons (Fsp3) is 0.200. The lowest BCUT2D eigenvalue weighted by molar-refractivity contribution is -0.384. The van der Waals surface area contributed by atoms with Crippen LogP contribution in [0.25, 0.3) is 0 Å². The Hall–Kier alpha value is -3.50. The van der Waals surface area contributed by atoms with Crippen LogP contribution in [0, 0.1) is 45.6 Å². The van der Waals surface area contributed by atoms with Crippen molar-refractivity contribution in [3.8, 4) is 12.1 Å². The SMILES string of the molecule is Cc1[nH]n(C(N)=S)c(=O)c1C(c1cccc([N+](=O)[O-])c1)C(C#N)C#N. The molecular formula is C15H12N6O3S. The van der Waals surface area contributed by atoms with E-state index in [1.807, 2.05) is 12.1 Å². The average Bonchev–Trinajstić information content (AvgIpc) is 2.87. The van der Waals surface area contributed by atoms with Crippen molar-refractivity contribution >= 4 is 23.0 Å². The highest BCUT2D eigenvalue weighted by molar-refractivity contribution is 7.80. The molecule has 9 nitrogen and oxygen atoms in total. The van der Waals surface area contributed by atoms with Crippen molar-refractivity contribution in [1.82, 2.24) is 9.78 Å². The first-order valence-electron chi connectivity index (χ1n) is 6.96. The van der Waals surface area contributed by atoms with Crippen LogP contribution in [0.2, 0.25) is 0 Å². The third-order valence-electron chi connectivity index (χ3n) is 3.70. The minimum Gasteiger partial charge on any atom is -0.374 e. The summed E-state index contributed by atoms with van der Waals surface area (Å²) < 4.78 is 0.927. The number of nitrogens with zero attached hydrogens (tertiary/aromatic N) is 4. The Morgan fingerprint density at radius 1 is 1.44 bits per heavy atom. The minimum atomic E-state index is -1.23. The highest BCUT2D eigenvalue weighted by Crippen LogP contribution is 2.33. The standard InChI is InChI=1S/C15H12N6O3S/c1-8-12(14(22)20(19-8)15(18)25)13(10(6-16)7-17)9-3-2-4-11(5-9)21(23)24/h2-5,10,13,19H,1H3,(H2,18,25). The van der Waals surface area contributed by atoms with Crippen LogP contribution in [-0.2, 0) is 0 Å². The number of thiocarbonyl (C=S) groups is 1. The molecule has 0 fully saturated rings. The summed E-state index contributed by atoms with van der Waals surface area (Å²) in [5.41, 5.74) is 5.46. The number of nitriles is 2. The molecule has 1 aromatic heterocycles. The number of nitro groups is 1. The summed E-state index contributed by atoms with van der Waals surface area (Å²) in [5, 5.41) is 32.1. The molecule has 0 aliphatic heterocycles. The number of nitrogens with one attached hydrogen (secondary N) is 1. The normalized spacial score (nSPS) is 11.5. The molecule has 1 heterocycles. The van der Waals surface area contributed by atoms with E-state index in [0.29, 0.717) is 11.3 Å². The summed E-state index contributed by atoms with van der Waals surface area (Å²) >= 11 is 4.79. The summed E-state index contributed by atoms with van der Waals surface area (Å²) in [4.78, 5) is 23.0. The Bertz CT molecular complexity index is 980. The topological polar surface area (TPSA) is 155 Å². The molecule has 10 heteroatoms. The van der Waals surface area contributed by atoms with Crippen LogP contribution in [0.3, 0.4) is 0 Å². The zero-order valence-corrected chi connectivity index (χ0v) is 13.8. The molecule has 0 radical (unpaired) electrons. The van der Waals surface area contributed by atoms with Gasteiger partial charge in [0.15, 0.2) is 5.11 Å². The predicted molar refractivity (Wildman–Crippen MR) is 91.6 cm³/mol. The van der Waals surface area contributed by atoms with Crippen LogP contribution in [-0.4, -0.2) is 19.8 Å². The average molecular weight is 356 g/mol. The number of aromatic amines is 1. The van der Waals surface area contributed by atoms with Crippen LogP contribution < -0.4 is 11.3 Å². The van der Waals surface area contributed by atoms with Gasteiger partial charge in [-0.1, -0.05) is 12.1 Å². The van der Waals surface area contributed by atoms with E-state index in [1.54, 1.807) is 6.92 Å². The molecule has 25 heavy (non-hydrogen) atoms. The maximum absolute atomic E-state index is 12.6. The Labute approximate surface area is 147 Å². The van der Waals surface area contributed by atoms with Gasteiger partial charge in [0, 0.05) is 29.3 Å². The van der Waals surface area contributed by atoms with Crippen molar-refractivity contribution in [2.45, 2.75) is 12.8 Å². The first-order chi connectivity index (χ1) is 11.8. The van der Waals surface area contributed by atoms with Crippen molar-refractivity contribution in [2.75, 3.05) is 0 Å². The fourth-order valence-corrected chi connectivity index (χ4v) is 2.75. The van der Waals surface area contributed by atoms with E-state index in [9.17, 15) is 25.4 Å². The zero-order valence-electron chi connectivity index (χ0n) is 13.0. The van der Waals surface area contributed by atoms with Gasteiger partial charge in [-0.3, -0.25) is 20.0 Å². The van der Waals surface area contributed by atoms with Gasteiger partial charge in [-0.05, 0) is 24.7 Å². The lowest BCUT2D eigenvalue weighted by atomic mass is 9.82. The summed E-state index contributed by atoms with van der Waals surface area (Å²) in [7, 11) is 0. The van der Waals surface area contributed by atoms with Crippen molar-refractivity contribution in [2.24, 2.45) is 11.7 Å². The van der Waals surface area contributed by atoms with E-state index in [0.717, 1.165) is 4.68 Å². The fourth-order valence-electron chi connectivity index (χ4n) is 2.62. The summed E-state index contributed by atoms with van der Waals surface area (Å²) in [6, 6.07) is 9.14. The van der Waals surface area contributed by atoms with E-state index < -0.39 is 22.3 Å². The summed E-state index contributed by atoms with van der Waals surface area (Å²) in [5.74, 6) is -2.22. The number of rotatable bonds is 4. The Morgan fingerprint density at radius 3 is 2.56 bits per heavy atom. The molecule has 3 N–H and O–H groups in total. The zero-order chi connectivity index (χ0) is 18.7. The molecule has 2 rings (SSSR count). The van der Waals surface area contributed by atoms with E-state index in [-0.39, 0.29) is 16.4 Å². The maximum atomic E-state index is 12.6. The van der Waals surface area contributed by atoms with E-state index in [4.69, 9.17) is 18.0 Å². The van der Waals surface area contributed by atoms with Crippen molar-refractivity contribution in [3.63, 3.8) is 0 Å². The lowest BCUT2D eigenvalue weighted by Crippen LogP contribution is -2.32. The van der Waals surface area contributed by atoms with Crippen molar-refractivity contribution in [3.05, 3.63) is 61.6 Å². The Balaban J connectivity index is 2.77. The molecule has 1 aromatic carbocycles. The first kappa shape index (κ1) is 17.8. The molecule has 0 spiro atoms. The van der Waals surface area contributed by atoms with Gasteiger partial charge < -0.3 is 5.73 Å². The number of aryl methyl sites for hydroxylation is 1. The van der Waals surface area contributed by atoms with Gasteiger partial charge >= 0.3 is 0 Å². The molecular weight excluding hydrogens is 344 g/mol.